The van der Waals surface area contributed by atoms with E-state index in [1.807, 2.05) is 66.7 Å². The van der Waals surface area contributed by atoms with Crippen molar-refractivity contribution in [1.29, 1.82) is 0 Å². The van der Waals surface area contributed by atoms with Crippen LogP contribution in [0.15, 0.2) is 77.9 Å². The zero-order valence-corrected chi connectivity index (χ0v) is 14.7. The molecule has 2 heterocycles. The zero-order chi connectivity index (χ0) is 18.6. The maximum absolute atomic E-state index is 13.3. The number of hydrogen-bond donors (Lipinski definition) is 0. The van der Waals surface area contributed by atoms with E-state index in [0.717, 1.165) is 5.56 Å². The lowest BCUT2D eigenvalue weighted by molar-refractivity contribution is 0.412. The van der Waals surface area contributed by atoms with E-state index in [4.69, 9.17) is 9.72 Å². The van der Waals surface area contributed by atoms with Gasteiger partial charge in [0.05, 0.1) is 23.7 Å². The molecule has 0 saturated carbocycles. The largest absolute Gasteiger partial charge is 0.495 e. The first-order valence-corrected chi connectivity index (χ1v) is 8.51. The Hall–Kier alpha value is -3.73. The molecule has 132 valence electrons. The van der Waals surface area contributed by atoms with E-state index in [9.17, 15) is 4.79 Å². The van der Waals surface area contributed by atoms with E-state index in [1.54, 1.807) is 30.1 Å². The number of ether oxygens (including phenoxy) is 1. The number of pyridine rings is 1. The Morgan fingerprint density at radius 3 is 2.59 bits per heavy atom. The van der Waals surface area contributed by atoms with Crippen molar-refractivity contribution in [1.82, 2.24) is 14.5 Å². The fraction of sp³-hybridized carbons (Fsp3) is 0.0455. The molecular weight excluding hydrogens is 338 g/mol. The molecule has 5 heteroatoms. The molecular formula is C22H17N3O2. The molecule has 0 atom stereocenters. The fourth-order valence-corrected chi connectivity index (χ4v) is 2.95. The Morgan fingerprint density at radius 2 is 1.78 bits per heavy atom. The van der Waals surface area contributed by atoms with Gasteiger partial charge < -0.3 is 4.74 Å². The number of fused-ring (bicyclic) bond motifs is 1. The highest BCUT2D eigenvalue weighted by molar-refractivity contribution is 5.80. The average molecular weight is 355 g/mol. The maximum Gasteiger partial charge on any atom is 0.266 e. The van der Waals surface area contributed by atoms with Gasteiger partial charge in [0.15, 0.2) is 0 Å². The number of hydrogen-bond acceptors (Lipinski definition) is 4. The lowest BCUT2D eigenvalue weighted by Gasteiger charge is -2.14. The summed E-state index contributed by atoms with van der Waals surface area (Å²) in [4.78, 5) is 22.1. The van der Waals surface area contributed by atoms with Crippen LogP contribution in [0.3, 0.4) is 0 Å². The molecule has 0 unspecified atom stereocenters. The van der Waals surface area contributed by atoms with Gasteiger partial charge in [0.25, 0.3) is 5.56 Å². The minimum absolute atomic E-state index is 0.143. The molecule has 0 spiro atoms. The lowest BCUT2D eigenvalue weighted by atomic mass is 10.2. The zero-order valence-electron chi connectivity index (χ0n) is 14.7. The molecule has 0 aliphatic heterocycles. The first-order chi connectivity index (χ1) is 13.3. The quantitative estimate of drug-likeness (QED) is 0.556. The van der Waals surface area contributed by atoms with Gasteiger partial charge in [0.2, 0.25) is 0 Å². The summed E-state index contributed by atoms with van der Waals surface area (Å²) in [6.07, 6.45) is 7.17. The average Bonchev–Trinajstić information content (AvgIpc) is 2.73. The van der Waals surface area contributed by atoms with E-state index in [1.165, 1.54) is 0 Å². The maximum atomic E-state index is 13.3. The highest BCUT2D eigenvalue weighted by Gasteiger charge is 2.14. The number of benzene rings is 2. The second kappa shape index (κ2) is 7.25. The summed E-state index contributed by atoms with van der Waals surface area (Å²) in [6.45, 7) is 0. The molecule has 0 saturated heterocycles. The van der Waals surface area contributed by atoms with Crippen LogP contribution < -0.4 is 10.3 Å². The summed E-state index contributed by atoms with van der Waals surface area (Å²) in [6, 6.07) is 18.5. The monoisotopic (exact) mass is 355 g/mol. The van der Waals surface area contributed by atoms with E-state index >= 15 is 0 Å². The van der Waals surface area contributed by atoms with Crippen LogP contribution in [0.2, 0.25) is 0 Å². The molecule has 0 radical (unpaired) electrons. The van der Waals surface area contributed by atoms with Crippen LogP contribution in [-0.2, 0) is 0 Å². The van der Waals surface area contributed by atoms with Gasteiger partial charge in [0, 0.05) is 12.4 Å². The van der Waals surface area contributed by atoms with Crippen LogP contribution >= 0.6 is 0 Å². The van der Waals surface area contributed by atoms with Crippen molar-refractivity contribution in [3.63, 3.8) is 0 Å². The predicted octanol–water partition coefficient (Wildman–Crippen LogP) is 3.96. The van der Waals surface area contributed by atoms with Gasteiger partial charge in [-0.2, -0.15) is 0 Å². The molecule has 4 rings (SSSR count). The van der Waals surface area contributed by atoms with Gasteiger partial charge in [-0.25, -0.2) is 4.98 Å². The van der Waals surface area contributed by atoms with Crippen LogP contribution in [0.1, 0.15) is 11.4 Å². The number of methoxy groups -OCH3 is 1. The number of nitrogens with zero attached hydrogens (tertiary/aromatic N) is 3. The second-order valence-electron chi connectivity index (χ2n) is 5.92. The van der Waals surface area contributed by atoms with Crippen molar-refractivity contribution >= 4 is 23.1 Å². The number of rotatable bonds is 4. The van der Waals surface area contributed by atoms with Gasteiger partial charge in [-0.1, -0.05) is 30.3 Å². The van der Waals surface area contributed by atoms with Crippen molar-refractivity contribution in [3.05, 3.63) is 94.8 Å². The van der Waals surface area contributed by atoms with Gasteiger partial charge >= 0.3 is 0 Å². The Bertz CT molecular complexity index is 1180. The molecule has 4 aromatic rings. The molecule has 0 amide bonds. The fourth-order valence-electron chi connectivity index (χ4n) is 2.95. The number of aromatic nitrogens is 3. The van der Waals surface area contributed by atoms with E-state index in [2.05, 4.69) is 4.98 Å². The first kappa shape index (κ1) is 16.7. The second-order valence-corrected chi connectivity index (χ2v) is 5.92. The van der Waals surface area contributed by atoms with Crippen LogP contribution in [-0.4, -0.2) is 21.6 Å². The minimum atomic E-state index is -0.143. The van der Waals surface area contributed by atoms with Gasteiger partial charge in [-0.05, 0) is 48.0 Å². The Kier molecular flexibility index (Phi) is 4.49. The minimum Gasteiger partial charge on any atom is -0.495 e. The summed E-state index contributed by atoms with van der Waals surface area (Å²) in [7, 11) is 1.59. The summed E-state index contributed by atoms with van der Waals surface area (Å²) in [5, 5.41) is 0.557. The molecule has 0 N–H and O–H groups in total. The highest BCUT2D eigenvalue weighted by Crippen LogP contribution is 2.23. The van der Waals surface area contributed by atoms with Crippen molar-refractivity contribution in [3.8, 4) is 11.4 Å². The Morgan fingerprint density at radius 1 is 0.963 bits per heavy atom. The van der Waals surface area contributed by atoms with E-state index in [-0.39, 0.29) is 5.56 Å². The van der Waals surface area contributed by atoms with Crippen LogP contribution in [0.25, 0.3) is 28.7 Å². The molecule has 0 fully saturated rings. The summed E-state index contributed by atoms with van der Waals surface area (Å²) in [5.74, 6) is 1.12. The summed E-state index contributed by atoms with van der Waals surface area (Å²) >= 11 is 0. The van der Waals surface area contributed by atoms with E-state index in [0.29, 0.717) is 28.2 Å². The van der Waals surface area contributed by atoms with Crippen LogP contribution in [0.5, 0.6) is 5.75 Å². The summed E-state index contributed by atoms with van der Waals surface area (Å²) < 4.78 is 7.04. The molecule has 0 bridgehead atoms. The smallest absolute Gasteiger partial charge is 0.266 e. The third kappa shape index (κ3) is 3.22. The first-order valence-electron chi connectivity index (χ1n) is 8.51. The standard InChI is InChI=1S/C22H17N3O2/c1-27-20-11-5-4-10-19(20)25-21(13-12-16-7-6-14-23-15-16)24-18-9-3-2-8-17(18)22(25)26/h2-15H,1H3. The van der Waals surface area contributed by atoms with Crippen molar-refractivity contribution in [2.45, 2.75) is 0 Å². The SMILES string of the molecule is COc1ccccc1-n1c(C=Cc2cccnc2)nc2ccccc2c1=O. The van der Waals surface area contributed by atoms with Crippen LogP contribution in [0, 0.1) is 0 Å². The van der Waals surface area contributed by atoms with Gasteiger partial charge in [-0.3, -0.25) is 14.3 Å². The lowest BCUT2D eigenvalue weighted by Crippen LogP contribution is -2.22. The van der Waals surface area contributed by atoms with E-state index < -0.39 is 0 Å². The molecule has 5 nitrogen and oxygen atoms in total. The predicted molar refractivity (Wildman–Crippen MR) is 107 cm³/mol. The highest BCUT2D eigenvalue weighted by atomic mass is 16.5. The van der Waals surface area contributed by atoms with Crippen LogP contribution in [0.4, 0.5) is 0 Å². The topological polar surface area (TPSA) is 57.0 Å². The Balaban J connectivity index is 1.99. The normalized spacial score (nSPS) is 11.1. The van der Waals surface area contributed by atoms with Gasteiger partial charge in [0.1, 0.15) is 11.6 Å². The van der Waals surface area contributed by atoms with Crippen molar-refractivity contribution < 1.29 is 4.74 Å². The third-order valence-corrected chi connectivity index (χ3v) is 4.24. The Labute approximate surface area is 156 Å². The van der Waals surface area contributed by atoms with Gasteiger partial charge in [-0.15, -0.1) is 0 Å². The molecule has 0 aliphatic carbocycles. The molecule has 27 heavy (non-hydrogen) atoms. The number of para-hydroxylation sites is 3. The molecule has 2 aromatic carbocycles. The molecule has 2 aromatic heterocycles. The van der Waals surface area contributed by atoms with Crippen molar-refractivity contribution in [2.75, 3.05) is 7.11 Å². The summed E-state index contributed by atoms with van der Waals surface area (Å²) in [5.41, 5.74) is 2.08. The molecule has 0 aliphatic rings. The third-order valence-electron chi connectivity index (χ3n) is 4.24. The van der Waals surface area contributed by atoms with Crippen molar-refractivity contribution in [2.24, 2.45) is 0 Å².